The SMILES string of the molecule is CC(=O)NC1C(OCc2ccccc2)[C@H](OCc2ccccc2)C(COCc2ccccc2)O[C@@H]1CCNC(=O)C[C@@H]1OC(C(=O)NC[C@H]2O[C@@H](n3ccc(=O)[nH]c3=O)C(OCc3ccccc3)C2OCc2ccccc2)[C@@H](OCc2ccccc2)C(OCc2ccccc2)C1OCc1ccccc1. The second kappa shape index (κ2) is 38.3. The summed E-state index contributed by atoms with van der Waals surface area (Å²) < 4.78 is 76.6. The van der Waals surface area contributed by atoms with Crippen molar-refractivity contribution in [2.75, 3.05) is 19.7 Å². The number of hydrogen-bond acceptors (Lipinski definition) is 16. The average Bonchev–Trinajstić information content (AvgIpc) is 1.44. The molecule has 21 heteroatoms. The molecule has 0 spiro atoms. The Bertz CT molecular complexity index is 4170. The first kappa shape index (κ1) is 74.1. The van der Waals surface area contributed by atoms with E-state index >= 15 is 9.59 Å². The molecule has 3 saturated heterocycles. The summed E-state index contributed by atoms with van der Waals surface area (Å²) in [5, 5.41) is 9.41. The Morgan fingerprint density at radius 3 is 1.22 bits per heavy atom. The first-order chi connectivity index (χ1) is 51.0. The third-order valence-electron chi connectivity index (χ3n) is 18.5. The van der Waals surface area contributed by atoms with E-state index in [1.165, 1.54) is 23.8 Å². The molecule has 542 valence electrons. The van der Waals surface area contributed by atoms with Gasteiger partial charge in [0.25, 0.3) is 11.5 Å². The summed E-state index contributed by atoms with van der Waals surface area (Å²) in [5.41, 5.74) is 5.62. The maximum absolute atomic E-state index is 15.7. The molecule has 0 aliphatic carbocycles. The predicted molar refractivity (Wildman–Crippen MR) is 387 cm³/mol. The molecule has 4 heterocycles. The fraction of sp³-hybridized carbons (Fsp3) is 0.337. The Morgan fingerprint density at radius 2 is 0.788 bits per heavy atom. The number of carbonyl (C=O) groups is 3. The zero-order valence-electron chi connectivity index (χ0n) is 58.0. The molecule has 3 aliphatic heterocycles. The fourth-order valence-corrected chi connectivity index (χ4v) is 13.3. The molecule has 104 heavy (non-hydrogen) atoms. The van der Waals surface area contributed by atoms with Crippen molar-refractivity contribution in [3.8, 4) is 0 Å². The number of ether oxygens (including phenoxy) is 11. The molecule has 3 aliphatic rings. The topological polar surface area (TPSA) is 244 Å². The highest BCUT2D eigenvalue weighted by molar-refractivity contribution is 5.82. The summed E-state index contributed by atoms with van der Waals surface area (Å²) in [5.74, 6) is -1.41. The third-order valence-corrected chi connectivity index (χ3v) is 18.5. The maximum atomic E-state index is 15.7. The van der Waals surface area contributed by atoms with Gasteiger partial charge in [0.05, 0.1) is 84.1 Å². The molecule has 0 bridgehead atoms. The van der Waals surface area contributed by atoms with Crippen LogP contribution in [0.1, 0.15) is 70.5 Å². The van der Waals surface area contributed by atoms with Crippen LogP contribution < -0.4 is 27.2 Å². The molecule has 8 unspecified atom stereocenters. The number of hydrogen-bond donors (Lipinski definition) is 4. The van der Waals surface area contributed by atoms with Gasteiger partial charge in [-0.1, -0.05) is 243 Å². The van der Waals surface area contributed by atoms with Crippen LogP contribution in [0.2, 0.25) is 0 Å². The predicted octanol–water partition coefficient (Wildman–Crippen LogP) is 9.80. The number of aromatic nitrogens is 2. The van der Waals surface area contributed by atoms with E-state index in [9.17, 15) is 14.4 Å². The minimum atomic E-state index is -1.47. The Morgan fingerprint density at radius 1 is 0.404 bits per heavy atom. The number of amides is 3. The summed E-state index contributed by atoms with van der Waals surface area (Å²) in [7, 11) is 0. The number of rotatable bonds is 35. The number of carbonyl (C=O) groups excluding carboxylic acids is 3. The Labute approximate surface area is 605 Å². The molecule has 8 aromatic carbocycles. The first-order valence-electron chi connectivity index (χ1n) is 35.3. The summed E-state index contributed by atoms with van der Waals surface area (Å²) >= 11 is 0. The van der Waals surface area contributed by atoms with Crippen LogP contribution in [0.3, 0.4) is 0 Å². The molecule has 21 nitrogen and oxygen atoms in total. The van der Waals surface area contributed by atoms with Gasteiger partial charge in [0.15, 0.2) is 12.3 Å². The van der Waals surface area contributed by atoms with Crippen molar-refractivity contribution in [2.24, 2.45) is 0 Å². The van der Waals surface area contributed by atoms with Gasteiger partial charge < -0.3 is 68.1 Å². The van der Waals surface area contributed by atoms with Crippen molar-refractivity contribution in [3.05, 3.63) is 320 Å². The Hall–Kier alpha value is -9.59. The lowest BCUT2D eigenvalue weighted by molar-refractivity contribution is -0.260. The molecular weight excluding hydrogens is 1320 g/mol. The highest BCUT2D eigenvalue weighted by Gasteiger charge is 2.53. The molecule has 0 saturated carbocycles. The van der Waals surface area contributed by atoms with E-state index in [0.717, 1.165) is 44.5 Å². The van der Waals surface area contributed by atoms with Gasteiger partial charge in [0.2, 0.25) is 11.8 Å². The van der Waals surface area contributed by atoms with Gasteiger partial charge in [-0.25, -0.2) is 4.79 Å². The highest BCUT2D eigenvalue weighted by atomic mass is 16.6. The summed E-state index contributed by atoms with van der Waals surface area (Å²) in [6.07, 6.45) is -11.7. The third kappa shape index (κ3) is 21.1. The Kier molecular flexibility index (Phi) is 27.3. The van der Waals surface area contributed by atoms with E-state index in [-0.39, 0.29) is 84.7 Å². The van der Waals surface area contributed by atoms with E-state index < -0.39 is 109 Å². The molecule has 1 aromatic heterocycles. The largest absolute Gasteiger partial charge is 0.374 e. The molecular formula is C83H89N5O16. The molecule has 3 amide bonds. The molecule has 9 aromatic rings. The molecule has 12 rings (SSSR count). The van der Waals surface area contributed by atoms with Gasteiger partial charge in [-0.2, -0.15) is 0 Å². The van der Waals surface area contributed by atoms with Crippen molar-refractivity contribution in [3.63, 3.8) is 0 Å². The van der Waals surface area contributed by atoms with E-state index in [4.69, 9.17) is 52.1 Å². The normalized spacial score (nSPS) is 23.7. The van der Waals surface area contributed by atoms with Gasteiger partial charge >= 0.3 is 5.69 Å². The van der Waals surface area contributed by atoms with Crippen LogP contribution in [0, 0.1) is 0 Å². The molecule has 14 atom stereocenters. The highest BCUT2D eigenvalue weighted by Crippen LogP contribution is 2.37. The van der Waals surface area contributed by atoms with Crippen LogP contribution >= 0.6 is 0 Å². The Balaban J connectivity index is 0.843. The van der Waals surface area contributed by atoms with Crippen LogP contribution in [-0.4, -0.2) is 126 Å². The van der Waals surface area contributed by atoms with Crippen LogP contribution in [0.4, 0.5) is 0 Å². The standard InChI is InChI=1S/C83H89N5O16/c1-57(89)86-72-66(102-69(56-94-48-58-26-10-2-11-27-58)75(97-51-61-32-16-5-17-33-61)76(72)98-52-62-34-18-6-19-35-62)42-44-84-71(91)46-67-73(95-49-59-28-12-3-13-29-59)77(99-53-63-36-20-7-21-37-63)78(100-54-64-38-22-8-23-39-64)79(103-67)81(92)85-47-68-74(96-50-60-30-14-4-15-31-60)80(101-55-65-40-24-9-25-41-65)82(104-68)88-45-43-70(90)87-83(88)93/h2-41,43,45,66-69,72-80,82H,42,44,46-56H2,1H3,(H,84,91)(H,85,92)(H,86,89)(H,87,90,93)/t66-,67+,68-,69?,72?,73?,74?,75-,76?,77?,78+,79?,80?,82-/m1/s1. The number of H-pyrrole nitrogens is 1. The monoisotopic (exact) mass is 1410 g/mol. The van der Waals surface area contributed by atoms with E-state index in [1.54, 1.807) is 0 Å². The van der Waals surface area contributed by atoms with Crippen LogP contribution in [0.5, 0.6) is 0 Å². The van der Waals surface area contributed by atoms with Gasteiger partial charge in [-0.05, 0) is 50.9 Å². The second-order valence-electron chi connectivity index (χ2n) is 26.0. The lowest BCUT2D eigenvalue weighted by Crippen LogP contribution is -2.65. The van der Waals surface area contributed by atoms with Crippen molar-refractivity contribution < 1.29 is 66.5 Å². The number of aromatic amines is 1. The zero-order valence-corrected chi connectivity index (χ0v) is 58.0. The number of nitrogens with one attached hydrogen (secondary N) is 4. The minimum absolute atomic E-state index is 0.0261. The lowest BCUT2D eigenvalue weighted by Gasteiger charge is -2.47. The van der Waals surface area contributed by atoms with Crippen LogP contribution in [0.15, 0.2) is 265 Å². The molecule has 4 N–H and O–H groups in total. The van der Waals surface area contributed by atoms with Gasteiger partial charge in [-0.3, -0.25) is 28.7 Å². The van der Waals surface area contributed by atoms with E-state index in [1.807, 2.05) is 243 Å². The maximum Gasteiger partial charge on any atom is 0.330 e. The quantitative estimate of drug-likeness (QED) is 0.0289. The number of nitrogens with zero attached hydrogens (tertiary/aromatic N) is 1. The summed E-state index contributed by atoms with van der Waals surface area (Å²) in [6.45, 7) is 2.47. The summed E-state index contributed by atoms with van der Waals surface area (Å²) in [4.78, 5) is 72.8. The minimum Gasteiger partial charge on any atom is -0.374 e. The average molecular weight is 1410 g/mol. The number of benzene rings is 8. The summed E-state index contributed by atoms with van der Waals surface area (Å²) in [6, 6.07) is 77.5. The van der Waals surface area contributed by atoms with Crippen molar-refractivity contribution >= 4 is 17.7 Å². The molecule has 0 radical (unpaired) electrons. The smallest absolute Gasteiger partial charge is 0.330 e. The molecule has 3 fully saturated rings. The van der Waals surface area contributed by atoms with E-state index in [2.05, 4.69) is 20.9 Å². The van der Waals surface area contributed by atoms with Gasteiger partial charge in [-0.15, -0.1) is 0 Å². The van der Waals surface area contributed by atoms with Gasteiger partial charge in [0.1, 0.15) is 54.9 Å². The van der Waals surface area contributed by atoms with Crippen molar-refractivity contribution in [1.82, 2.24) is 25.5 Å². The van der Waals surface area contributed by atoms with Crippen LogP contribution in [-0.2, 0) is 119 Å². The van der Waals surface area contributed by atoms with Gasteiger partial charge in [0, 0.05) is 32.3 Å². The fourth-order valence-electron chi connectivity index (χ4n) is 13.3. The zero-order chi connectivity index (χ0) is 71.7. The van der Waals surface area contributed by atoms with Crippen LogP contribution in [0.25, 0.3) is 0 Å². The van der Waals surface area contributed by atoms with E-state index in [0.29, 0.717) is 6.61 Å². The second-order valence-corrected chi connectivity index (χ2v) is 26.0. The lowest BCUT2D eigenvalue weighted by atomic mass is 9.90. The first-order valence-corrected chi connectivity index (χ1v) is 35.3. The van der Waals surface area contributed by atoms with Crippen molar-refractivity contribution in [2.45, 2.75) is 158 Å². The van der Waals surface area contributed by atoms with Crippen molar-refractivity contribution in [1.29, 1.82) is 0 Å².